The Morgan fingerprint density at radius 3 is 2.14 bits per heavy atom. The number of benzene rings is 2. The molecule has 0 radical (unpaired) electrons. The molecular weight excluding hydrogens is 688 g/mol. The van der Waals surface area contributed by atoms with Gasteiger partial charge in [-0.2, -0.15) is 0 Å². The molecule has 4 heterocycles. The van der Waals surface area contributed by atoms with Gasteiger partial charge >= 0.3 is 0 Å². The summed E-state index contributed by atoms with van der Waals surface area (Å²) in [4.78, 5) is 14.0. The van der Waals surface area contributed by atoms with E-state index in [9.17, 15) is 61.0 Å². The molecule has 19 heteroatoms. The van der Waals surface area contributed by atoms with Crippen molar-refractivity contribution in [3.05, 3.63) is 46.6 Å². The Morgan fingerprint density at radius 1 is 0.745 bits per heavy atom. The van der Waals surface area contributed by atoms with Gasteiger partial charge in [-0.25, -0.2) is 0 Å². The summed E-state index contributed by atoms with van der Waals surface area (Å²) in [6.45, 7) is 0.243. The van der Waals surface area contributed by atoms with Crippen LogP contribution in [-0.2, 0) is 23.7 Å². The largest absolute Gasteiger partial charge is 0.508 e. The zero-order valence-electron chi connectivity index (χ0n) is 26.6. The Balaban J connectivity index is 1.38. The maximum Gasteiger partial charge on any atom is 0.239 e. The number of aliphatic hydroxyl groups is 8. The molecule has 2 aromatic carbocycles. The van der Waals surface area contributed by atoms with Crippen LogP contribution in [0.5, 0.6) is 23.0 Å². The van der Waals surface area contributed by atoms with E-state index in [1.54, 1.807) is 0 Å². The normalized spacial score (nSPS) is 37.4. The van der Waals surface area contributed by atoms with E-state index in [1.807, 2.05) is 0 Å². The van der Waals surface area contributed by atoms with Crippen LogP contribution in [0.15, 0.2) is 45.6 Å². The van der Waals surface area contributed by atoms with Crippen LogP contribution < -0.4 is 10.2 Å². The van der Waals surface area contributed by atoms with Gasteiger partial charge in [0.25, 0.3) is 0 Å². The average Bonchev–Trinajstić information content (AvgIpc) is 3.09. The van der Waals surface area contributed by atoms with E-state index in [1.165, 1.54) is 31.2 Å². The van der Waals surface area contributed by atoms with Gasteiger partial charge in [0, 0.05) is 17.7 Å². The molecule has 1 aromatic heterocycles. The van der Waals surface area contributed by atoms with Gasteiger partial charge in [-0.1, -0.05) is 0 Å². The highest BCUT2D eigenvalue weighted by atomic mass is 16.8. The third kappa shape index (κ3) is 7.22. The summed E-state index contributed by atoms with van der Waals surface area (Å²) in [6, 6.07) is 7.15. The van der Waals surface area contributed by atoms with Crippen LogP contribution in [0.1, 0.15) is 6.92 Å². The van der Waals surface area contributed by atoms with Crippen LogP contribution in [0.25, 0.3) is 22.3 Å². The predicted molar refractivity (Wildman–Crippen MR) is 165 cm³/mol. The number of rotatable bonds is 8. The van der Waals surface area contributed by atoms with Gasteiger partial charge in [-0.05, 0) is 31.2 Å². The molecule has 11 N–H and O–H groups in total. The quantitative estimate of drug-likeness (QED) is 0.111. The molecule has 0 unspecified atom stereocenters. The van der Waals surface area contributed by atoms with Crippen molar-refractivity contribution in [1.29, 1.82) is 0 Å². The van der Waals surface area contributed by atoms with E-state index in [4.69, 9.17) is 32.8 Å². The number of phenolic OH excluding ortho intramolecular Hbond substituents is 3. The SMILES string of the molecule is C[C@@H]1O[C@@H](OC[C@H]2O[C@@H](Oc3c(-c4ccc(O)cc4)oc4cc(O)cc(O)c4c3=O)[C@H](O[C@@H]3OC[C@@H](O)[C@H](O)[C@H]3O)[C@@H](O)[C@@H]2O)[C@H](O)[C@H](O)[C@H]1O. The monoisotopic (exact) mass is 726 g/mol. The summed E-state index contributed by atoms with van der Waals surface area (Å²) in [5, 5.41) is 114. The van der Waals surface area contributed by atoms with Crippen LogP contribution in [0, 0.1) is 0 Å². The maximum absolute atomic E-state index is 14.0. The minimum Gasteiger partial charge on any atom is -0.508 e. The highest BCUT2D eigenvalue weighted by molar-refractivity contribution is 5.88. The second kappa shape index (κ2) is 14.8. The summed E-state index contributed by atoms with van der Waals surface area (Å²) in [6.07, 6.45) is -23.4. The van der Waals surface area contributed by atoms with Crippen molar-refractivity contribution >= 4 is 11.0 Å². The molecule has 19 nitrogen and oxygen atoms in total. The van der Waals surface area contributed by atoms with Crippen LogP contribution in [0.2, 0.25) is 0 Å². The topological polar surface area (TPSA) is 308 Å². The summed E-state index contributed by atoms with van der Waals surface area (Å²) in [5.41, 5.74) is -1.15. The fourth-order valence-corrected chi connectivity index (χ4v) is 5.97. The molecule has 3 saturated heterocycles. The molecular formula is C32H38O19. The lowest BCUT2D eigenvalue weighted by molar-refractivity contribution is -0.352. The minimum absolute atomic E-state index is 0.139. The van der Waals surface area contributed by atoms with Crippen molar-refractivity contribution in [3.8, 4) is 34.3 Å². The standard InChI is InChI=1S/C32H38O19/c1-10-19(37)23(41)26(44)30(47-10)46-9-17-21(39)24(42)29(51-31-25(43)20(38)15(36)8-45-31)32(49-17)50-28-22(40)18-14(35)6-13(34)7-16(18)48-27(28)11-2-4-12(33)5-3-11/h2-7,10,15,17,19-21,23-26,29-39,41-44H,8-9H2,1H3/t10-,15+,17+,19-,20-,21+,23+,24-,25+,26+,29+,30+,31-,32-/m0/s1. The molecule has 3 fully saturated rings. The van der Waals surface area contributed by atoms with Crippen LogP contribution in [0.4, 0.5) is 0 Å². The average molecular weight is 727 g/mol. The summed E-state index contributed by atoms with van der Waals surface area (Å²) in [7, 11) is 0. The Morgan fingerprint density at radius 2 is 1.43 bits per heavy atom. The fraction of sp³-hybridized carbons (Fsp3) is 0.531. The van der Waals surface area contributed by atoms with Crippen molar-refractivity contribution < 1.29 is 89.0 Å². The first-order valence-electron chi connectivity index (χ1n) is 15.8. The fourth-order valence-electron chi connectivity index (χ4n) is 5.97. The van der Waals surface area contributed by atoms with Gasteiger partial charge in [-0.15, -0.1) is 0 Å². The summed E-state index contributed by atoms with van der Waals surface area (Å²) in [5.74, 6) is -2.27. The summed E-state index contributed by atoms with van der Waals surface area (Å²) >= 11 is 0. The maximum atomic E-state index is 14.0. The van der Waals surface area contributed by atoms with Crippen molar-refractivity contribution in [3.63, 3.8) is 0 Å². The van der Waals surface area contributed by atoms with Crippen LogP contribution >= 0.6 is 0 Å². The molecule has 280 valence electrons. The number of hydrogen-bond acceptors (Lipinski definition) is 19. The van der Waals surface area contributed by atoms with Gasteiger partial charge < -0.3 is 89.0 Å². The zero-order valence-corrected chi connectivity index (χ0v) is 26.6. The molecule has 3 aromatic rings. The van der Waals surface area contributed by atoms with Crippen molar-refractivity contribution in [1.82, 2.24) is 0 Å². The second-order valence-electron chi connectivity index (χ2n) is 12.5. The molecule has 0 amide bonds. The van der Waals surface area contributed by atoms with Gasteiger partial charge in [0.2, 0.25) is 17.5 Å². The first kappa shape index (κ1) is 37.1. The number of aromatic hydroxyl groups is 3. The first-order valence-corrected chi connectivity index (χ1v) is 15.8. The van der Waals surface area contributed by atoms with Gasteiger partial charge in [0.05, 0.1) is 19.3 Å². The lowest BCUT2D eigenvalue weighted by atomic mass is 9.98. The number of hydrogen-bond donors (Lipinski definition) is 11. The van der Waals surface area contributed by atoms with Crippen LogP contribution in [-0.4, -0.2) is 155 Å². The molecule has 3 aliphatic heterocycles. The summed E-state index contributed by atoms with van der Waals surface area (Å²) < 4.78 is 39.9. The smallest absolute Gasteiger partial charge is 0.239 e. The van der Waals surface area contributed by atoms with Crippen molar-refractivity contribution in [2.24, 2.45) is 0 Å². The van der Waals surface area contributed by atoms with Gasteiger partial charge in [0.15, 0.2) is 24.4 Å². The molecule has 0 bridgehead atoms. The lowest BCUT2D eigenvalue weighted by Gasteiger charge is -2.45. The number of phenols is 3. The van der Waals surface area contributed by atoms with E-state index in [0.717, 1.165) is 12.1 Å². The number of aliphatic hydroxyl groups excluding tert-OH is 8. The minimum atomic E-state index is -1.99. The molecule has 0 saturated carbocycles. The Hall–Kier alpha value is -3.67. The second-order valence-corrected chi connectivity index (χ2v) is 12.5. The van der Waals surface area contributed by atoms with Crippen molar-refractivity contribution in [2.75, 3.05) is 13.2 Å². The third-order valence-corrected chi connectivity index (χ3v) is 8.90. The highest BCUT2D eigenvalue weighted by Crippen LogP contribution is 2.38. The highest BCUT2D eigenvalue weighted by Gasteiger charge is 2.51. The molecule has 3 aliphatic rings. The van der Waals surface area contributed by atoms with E-state index in [0.29, 0.717) is 0 Å². The Kier molecular flexibility index (Phi) is 10.7. The van der Waals surface area contributed by atoms with E-state index < -0.39 is 127 Å². The van der Waals surface area contributed by atoms with Gasteiger partial charge in [-0.3, -0.25) is 4.79 Å². The first-order chi connectivity index (χ1) is 24.2. The number of ether oxygens (including phenoxy) is 6. The van der Waals surface area contributed by atoms with E-state index in [-0.39, 0.29) is 22.7 Å². The lowest BCUT2D eigenvalue weighted by Crippen LogP contribution is -2.64. The van der Waals surface area contributed by atoms with Crippen LogP contribution in [0.3, 0.4) is 0 Å². The molecule has 51 heavy (non-hydrogen) atoms. The van der Waals surface area contributed by atoms with E-state index >= 15 is 0 Å². The van der Waals surface area contributed by atoms with E-state index in [2.05, 4.69) is 0 Å². The molecule has 0 spiro atoms. The molecule has 14 atom stereocenters. The Labute approximate surface area is 287 Å². The molecule has 0 aliphatic carbocycles. The Bertz CT molecular complexity index is 1730. The molecule has 6 rings (SSSR count). The van der Waals surface area contributed by atoms with Gasteiger partial charge in [0.1, 0.15) is 83.2 Å². The number of fused-ring (bicyclic) bond motifs is 1. The van der Waals surface area contributed by atoms with Crippen molar-refractivity contribution in [2.45, 2.75) is 92.9 Å². The third-order valence-electron chi connectivity index (χ3n) is 8.90. The zero-order chi connectivity index (χ0) is 36.9. The predicted octanol–water partition coefficient (Wildman–Crippen LogP) is -2.93.